The molecule has 0 aliphatic heterocycles. The molecule has 0 heterocycles. The van der Waals surface area contributed by atoms with E-state index in [0.717, 1.165) is 12.8 Å². The average molecular weight is 290 g/mol. The Labute approximate surface area is 118 Å². The summed E-state index contributed by atoms with van der Waals surface area (Å²) in [5.41, 5.74) is 6.45. The van der Waals surface area contributed by atoms with E-state index in [1.807, 2.05) is 0 Å². The Balaban J connectivity index is 0.00000180. The third-order valence-electron chi connectivity index (χ3n) is 3.36. The van der Waals surface area contributed by atoms with Crippen molar-refractivity contribution in [2.24, 2.45) is 11.7 Å². The Morgan fingerprint density at radius 2 is 1.89 bits per heavy atom. The molecule has 2 atom stereocenters. The zero-order chi connectivity index (χ0) is 13.3. The minimum absolute atomic E-state index is 0. The molecule has 1 aromatic rings. The molecule has 108 valence electrons. The molecule has 6 heteroatoms. The van der Waals surface area contributed by atoms with Crippen molar-refractivity contribution >= 4 is 12.4 Å². The van der Waals surface area contributed by atoms with Crippen LogP contribution in [0.2, 0.25) is 0 Å². The van der Waals surface area contributed by atoms with Crippen molar-refractivity contribution in [2.45, 2.75) is 25.0 Å². The number of halogens is 1. The van der Waals surface area contributed by atoms with E-state index < -0.39 is 12.1 Å². The molecule has 0 amide bonds. The van der Waals surface area contributed by atoms with Gasteiger partial charge in [0.25, 0.3) is 0 Å². The van der Waals surface area contributed by atoms with Crippen LogP contribution in [0.3, 0.4) is 0 Å². The molecular formula is C13H20ClNO4. The molecule has 4 N–H and O–H groups in total. The summed E-state index contributed by atoms with van der Waals surface area (Å²) in [6, 6.07) is 2.46. The van der Waals surface area contributed by atoms with E-state index in [0.29, 0.717) is 17.1 Å². The van der Waals surface area contributed by atoms with Crippen molar-refractivity contribution in [1.82, 2.24) is 0 Å². The highest BCUT2D eigenvalue weighted by Crippen LogP contribution is 2.43. The van der Waals surface area contributed by atoms with Crippen molar-refractivity contribution in [3.8, 4) is 17.2 Å². The molecule has 0 bridgehead atoms. The summed E-state index contributed by atoms with van der Waals surface area (Å²) in [6.07, 6.45) is 1.31. The second-order valence-electron chi connectivity index (χ2n) is 4.62. The van der Waals surface area contributed by atoms with Crippen LogP contribution in [0.15, 0.2) is 12.1 Å². The van der Waals surface area contributed by atoms with E-state index in [2.05, 4.69) is 0 Å². The number of aliphatic hydroxyl groups is 1. The van der Waals surface area contributed by atoms with Crippen LogP contribution < -0.4 is 15.2 Å². The van der Waals surface area contributed by atoms with Gasteiger partial charge in [-0.15, -0.1) is 12.4 Å². The van der Waals surface area contributed by atoms with Gasteiger partial charge in [-0.25, -0.2) is 0 Å². The lowest BCUT2D eigenvalue weighted by Crippen LogP contribution is -2.28. The van der Waals surface area contributed by atoms with Gasteiger partial charge in [0.05, 0.1) is 31.9 Å². The number of benzene rings is 1. The largest absolute Gasteiger partial charge is 0.507 e. The first kappa shape index (κ1) is 15.9. The van der Waals surface area contributed by atoms with E-state index in [4.69, 9.17) is 15.2 Å². The Bertz CT molecular complexity index is 437. The summed E-state index contributed by atoms with van der Waals surface area (Å²) < 4.78 is 10.3. The third-order valence-corrected chi connectivity index (χ3v) is 3.36. The second kappa shape index (κ2) is 6.32. The Morgan fingerprint density at radius 3 is 2.37 bits per heavy atom. The van der Waals surface area contributed by atoms with Crippen LogP contribution >= 0.6 is 12.4 Å². The first-order valence-electron chi connectivity index (χ1n) is 5.97. The lowest BCUT2D eigenvalue weighted by molar-refractivity contribution is 0.120. The van der Waals surface area contributed by atoms with E-state index >= 15 is 0 Å². The molecular weight excluding hydrogens is 270 g/mol. The van der Waals surface area contributed by atoms with E-state index in [9.17, 15) is 10.2 Å². The summed E-state index contributed by atoms with van der Waals surface area (Å²) in [7, 11) is 3.00. The quantitative estimate of drug-likeness (QED) is 0.767. The lowest BCUT2D eigenvalue weighted by atomic mass is 9.97. The number of nitrogens with two attached hydrogens (primary N) is 1. The van der Waals surface area contributed by atoms with Gasteiger partial charge in [0.15, 0.2) is 0 Å². The smallest absolute Gasteiger partial charge is 0.131 e. The zero-order valence-electron chi connectivity index (χ0n) is 11.0. The minimum atomic E-state index is -0.654. The maximum Gasteiger partial charge on any atom is 0.131 e. The second-order valence-corrected chi connectivity index (χ2v) is 4.62. The van der Waals surface area contributed by atoms with Crippen molar-refractivity contribution in [1.29, 1.82) is 0 Å². The predicted molar refractivity (Wildman–Crippen MR) is 74.1 cm³/mol. The average Bonchev–Trinajstić information content (AvgIpc) is 3.20. The molecule has 0 saturated heterocycles. The van der Waals surface area contributed by atoms with Gasteiger partial charge < -0.3 is 25.4 Å². The number of methoxy groups -OCH3 is 2. The number of phenolic OH excluding ortho intramolecular Hbond substituents is 1. The Hall–Kier alpha value is -1.17. The van der Waals surface area contributed by atoms with Gasteiger partial charge in [0, 0.05) is 12.1 Å². The van der Waals surface area contributed by atoms with Crippen LogP contribution in [0, 0.1) is 5.92 Å². The molecule has 5 nitrogen and oxygen atoms in total. The van der Waals surface area contributed by atoms with Crippen molar-refractivity contribution in [2.75, 3.05) is 14.2 Å². The minimum Gasteiger partial charge on any atom is -0.507 e. The van der Waals surface area contributed by atoms with Crippen LogP contribution in [-0.2, 0) is 0 Å². The van der Waals surface area contributed by atoms with Gasteiger partial charge in [-0.3, -0.25) is 0 Å². The van der Waals surface area contributed by atoms with Gasteiger partial charge >= 0.3 is 0 Å². The Kier molecular flexibility index (Phi) is 5.29. The lowest BCUT2D eigenvalue weighted by Gasteiger charge is -2.22. The van der Waals surface area contributed by atoms with Gasteiger partial charge in [-0.1, -0.05) is 0 Å². The first-order chi connectivity index (χ1) is 8.58. The fourth-order valence-corrected chi connectivity index (χ4v) is 2.11. The standard InChI is InChI=1S/C13H19NO4.ClH/c1-17-8-5-9(15)11(10(6-8)18-2)12(14)13(16)7-3-4-7;/h5-7,12-13,15-16H,3-4,14H2,1-2H3;1H/t12-,13+;/m1./s1. The van der Waals surface area contributed by atoms with Gasteiger partial charge in [-0.2, -0.15) is 0 Å². The number of phenols is 1. The van der Waals surface area contributed by atoms with Gasteiger partial charge in [0.2, 0.25) is 0 Å². The molecule has 1 aliphatic carbocycles. The van der Waals surface area contributed by atoms with Gasteiger partial charge in [0.1, 0.15) is 17.2 Å². The van der Waals surface area contributed by atoms with Crippen LogP contribution in [0.25, 0.3) is 0 Å². The highest BCUT2D eigenvalue weighted by atomic mass is 35.5. The maximum atomic E-state index is 10.1. The third kappa shape index (κ3) is 3.23. The van der Waals surface area contributed by atoms with Crippen molar-refractivity contribution in [3.63, 3.8) is 0 Å². The molecule has 1 aliphatic rings. The van der Waals surface area contributed by atoms with Gasteiger partial charge in [-0.05, 0) is 18.8 Å². The fourth-order valence-electron chi connectivity index (χ4n) is 2.11. The van der Waals surface area contributed by atoms with E-state index in [1.54, 1.807) is 6.07 Å². The number of hydrogen-bond donors (Lipinski definition) is 3. The zero-order valence-corrected chi connectivity index (χ0v) is 11.8. The molecule has 0 radical (unpaired) electrons. The molecule has 1 fully saturated rings. The van der Waals surface area contributed by atoms with Crippen molar-refractivity contribution < 1.29 is 19.7 Å². The molecule has 1 aromatic carbocycles. The fraction of sp³-hybridized carbons (Fsp3) is 0.538. The maximum absolute atomic E-state index is 10.1. The normalized spacial score (nSPS) is 17.3. The summed E-state index contributed by atoms with van der Waals surface area (Å²) in [5, 5.41) is 20.1. The SMILES string of the molecule is COc1cc(O)c([C@@H](N)[C@@H](O)C2CC2)c(OC)c1.Cl. The number of aromatic hydroxyl groups is 1. The van der Waals surface area contributed by atoms with Crippen LogP contribution in [-0.4, -0.2) is 30.5 Å². The summed E-state index contributed by atoms with van der Waals surface area (Å²) >= 11 is 0. The van der Waals surface area contributed by atoms with Crippen molar-refractivity contribution in [3.05, 3.63) is 17.7 Å². The first-order valence-corrected chi connectivity index (χ1v) is 5.97. The monoisotopic (exact) mass is 289 g/mol. The molecule has 2 rings (SSSR count). The summed E-state index contributed by atoms with van der Waals surface area (Å²) in [4.78, 5) is 0. The van der Waals surface area contributed by atoms with E-state index in [1.165, 1.54) is 20.3 Å². The number of ether oxygens (including phenoxy) is 2. The molecule has 0 spiro atoms. The number of hydrogen-bond acceptors (Lipinski definition) is 5. The summed E-state index contributed by atoms with van der Waals surface area (Å²) in [6.45, 7) is 0. The summed E-state index contributed by atoms with van der Waals surface area (Å²) in [5.74, 6) is 1.13. The van der Waals surface area contributed by atoms with E-state index in [-0.39, 0.29) is 24.1 Å². The number of rotatable bonds is 5. The molecule has 1 saturated carbocycles. The molecule has 19 heavy (non-hydrogen) atoms. The highest BCUT2D eigenvalue weighted by molar-refractivity contribution is 5.85. The highest BCUT2D eigenvalue weighted by Gasteiger charge is 2.36. The molecule has 0 unspecified atom stereocenters. The topological polar surface area (TPSA) is 84.9 Å². The predicted octanol–water partition coefficient (Wildman–Crippen LogP) is 1.60. The Morgan fingerprint density at radius 1 is 1.26 bits per heavy atom. The van der Waals surface area contributed by atoms with Crippen LogP contribution in [0.5, 0.6) is 17.2 Å². The number of aliphatic hydroxyl groups excluding tert-OH is 1. The van der Waals surface area contributed by atoms with Crippen LogP contribution in [0.4, 0.5) is 0 Å². The molecule has 0 aromatic heterocycles. The van der Waals surface area contributed by atoms with Crippen LogP contribution in [0.1, 0.15) is 24.4 Å².